The fourth-order valence-electron chi connectivity index (χ4n) is 2.73. The molecule has 0 radical (unpaired) electrons. The number of para-hydroxylation sites is 1. The first-order valence-corrected chi connectivity index (χ1v) is 7.79. The van der Waals surface area contributed by atoms with Gasteiger partial charge in [0.15, 0.2) is 11.6 Å². The van der Waals surface area contributed by atoms with E-state index in [0.29, 0.717) is 17.3 Å². The molecule has 7 heteroatoms. The lowest BCUT2D eigenvalue weighted by Gasteiger charge is -2.12. The SMILES string of the molecule is Cc1cc(C)n(-c2ncnc(Oc3cccc4cccnc34)c2N)n1. The molecule has 0 aliphatic rings. The molecule has 4 rings (SSSR count). The molecule has 0 aliphatic carbocycles. The molecular formula is C18H16N6O. The van der Waals surface area contributed by atoms with Crippen LogP contribution in [0.4, 0.5) is 5.69 Å². The maximum atomic E-state index is 6.25. The van der Waals surface area contributed by atoms with E-state index < -0.39 is 0 Å². The zero-order valence-electron chi connectivity index (χ0n) is 13.8. The average molecular weight is 332 g/mol. The van der Waals surface area contributed by atoms with E-state index in [1.165, 1.54) is 6.33 Å². The van der Waals surface area contributed by atoms with Gasteiger partial charge in [0, 0.05) is 17.3 Å². The van der Waals surface area contributed by atoms with Crippen molar-refractivity contribution in [2.75, 3.05) is 5.73 Å². The lowest BCUT2D eigenvalue weighted by molar-refractivity contribution is 0.467. The normalized spacial score (nSPS) is 11.0. The number of rotatable bonds is 3. The number of aromatic nitrogens is 5. The van der Waals surface area contributed by atoms with Crippen molar-refractivity contribution < 1.29 is 4.74 Å². The lowest BCUT2D eigenvalue weighted by atomic mass is 10.2. The second-order valence-corrected chi connectivity index (χ2v) is 5.69. The highest BCUT2D eigenvalue weighted by molar-refractivity contribution is 5.84. The molecule has 0 saturated heterocycles. The minimum Gasteiger partial charge on any atom is -0.435 e. The van der Waals surface area contributed by atoms with Gasteiger partial charge in [-0.2, -0.15) is 10.1 Å². The molecule has 0 amide bonds. The first-order chi connectivity index (χ1) is 12.1. The Bertz CT molecular complexity index is 1070. The zero-order chi connectivity index (χ0) is 17.4. The highest BCUT2D eigenvalue weighted by Gasteiger charge is 2.15. The van der Waals surface area contributed by atoms with Gasteiger partial charge in [0.2, 0.25) is 5.88 Å². The number of pyridine rings is 1. The molecule has 2 N–H and O–H groups in total. The summed E-state index contributed by atoms with van der Waals surface area (Å²) in [6, 6.07) is 11.5. The summed E-state index contributed by atoms with van der Waals surface area (Å²) in [5.41, 5.74) is 9.14. The van der Waals surface area contributed by atoms with Crippen molar-refractivity contribution in [3.63, 3.8) is 0 Å². The largest absolute Gasteiger partial charge is 0.435 e. The van der Waals surface area contributed by atoms with E-state index >= 15 is 0 Å². The molecule has 0 fully saturated rings. The number of nitrogens with zero attached hydrogens (tertiary/aromatic N) is 5. The molecule has 4 aromatic rings. The summed E-state index contributed by atoms with van der Waals surface area (Å²) in [6.45, 7) is 3.86. The van der Waals surface area contributed by atoms with E-state index in [2.05, 4.69) is 20.1 Å². The molecule has 0 atom stereocenters. The van der Waals surface area contributed by atoms with Crippen LogP contribution in [0.25, 0.3) is 16.7 Å². The van der Waals surface area contributed by atoms with Crippen molar-refractivity contribution in [2.45, 2.75) is 13.8 Å². The topological polar surface area (TPSA) is 91.7 Å². The second kappa shape index (κ2) is 5.86. The summed E-state index contributed by atoms with van der Waals surface area (Å²) in [4.78, 5) is 12.8. The fourth-order valence-corrected chi connectivity index (χ4v) is 2.73. The van der Waals surface area contributed by atoms with Crippen LogP contribution in [0.1, 0.15) is 11.4 Å². The van der Waals surface area contributed by atoms with Crippen LogP contribution >= 0.6 is 0 Å². The average Bonchev–Trinajstić information content (AvgIpc) is 2.95. The molecular weight excluding hydrogens is 316 g/mol. The third-order valence-corrected chi connectivity index (χ3v) is 3.84. The van der Waals surface area contributed by atoms with Gasteiger partial charge in [0.25, 0.3) is 0 Å². The maximum absolute atomic E-state index is 6.25. The van der Waals surface area contributed by atoms with Crippen molar-refractivity contribution >= 4 is 16.6 Å². The second-order valence-electron chi connectivity index (χ2n) is 5.69. The molecule has 7 nitrogen and oxygen atoms in total. The number of anilines is 1. The van der Waals surface area contributed by atoms with Crippen LogP contribution in [-0.4, -0.2) is 24.7 Å². The number of nitrogens with two attached hydrogens (primary N) is 1. The third-order valence-electron chi connectivity index (χ3n) is 3.84. The Hall–Kier alpha value is -3.48. The number of benzene rings is 1. The maximum Gasteiger partial charge on any atom is 0.248 e. The van der Waals surface area contributed by atoms with Crippen molar-refractivity contribution in [1.82, 2.24) is 24.7 Å². The van der Waals surface area contributed by atoms with Gasteiger partial charge < -0.3 is 10.5 Å². The van der Waals surface area contributed by atoms with Crippen LogP contribution in [0.15, 0.2) is 48.9 Å². The molecule has 0 aliphatic heterocycles. The van der Waals surface area contributed by atoms with E-state index in [1.807, 2.05) is 50.2 Å². The number of aryl methyl sites for hydroxylation is 2. The highest BCUT2D eigenvalue weighted by Crippen LogP contribution is 2.32. The molecule has 3 heterocycles. The summed E-state index contributed by atoms with van der Waals surface area (Å²) >= 11 is 0. The molecule has 0 spiro atoms. The smallest absolute Gasteiger partial charge is 0.248 e. The number of hydrogen-bond donors (Lipinski definition) is 1. The van der Waals surface area contributed by atoms with E-state index in [1.54, 1.807) is 10.9 Å². The molecule has 3 aromatic heterocycles. The highest BCUT2D eigenvalue weighted by atomic mass is 16.5. The fraction of sp³-hybridized carbons (Fsp3) is 0.111. The van der Waals surface area contributed by atoms with Crippen LogP contribution in [0.3, 0.4) is 0 Å². The predicted octanol–water partition coefficient (Wildman–Crippen LogP) is 3.20. The first-order valence-electron chi connectivity index (χ1n) is 7.79. The van der Waals surface area contributed by atoms with Gasteiger partial charge >= 0.3 is 0 Å². The summed E-state index contributed by atoms with van der Waals surface area (Å²) in [5, 5.41) is 5.40. The van der Waals surface area contributed by atoms with E-state index in [0.717, 1.165) is 22.3 Å². The standard InChI is InChI=1S/C18H16N6O/c1-11-9-12(2)24(23-11)17-15(19)18(22-10-21-17)25-14-7-3-5-13-6-4-8-20-16(13)14/h3-10H,19H2,1-2H3. The summed E-state index contributed by atoms with van der Waals surface area (Å²) in [5.74, 6) is 1.35. The zero-order valence-corrected chi connectivity index (χ0v) is 13.8. The lowest BCUT2D eigenvalue weighted by Crippen LogP contribution is -2.08. The van der Waals surface area contributed by atoms with E-state index in [9.17, 15) is 0 Å². The molecule has 0 unspecified atom stereocenters. The Labute approximate surface area is 144 Å². The number of ether oxygens (including phenoxy) is 1. The van der Waals surface area contributed by atoms with Crippen molar-refractivity contribution in [3.8, 4) is 17.4 Å². The number of fused-ring (bicyclic) bond motifs is 1. The van der Waals surface area contributed by atoms with Crippen LogP contribution in [-0.2, 0) is 0 Å². The molecule has 124 valence electrons. The summed E-state index contributed by atoms with van der Waals surface area (Å²) in [7, 11) is 0. The Morgan fingerprint density at radius 3 is 2.68 bits per heavy atom. The molecule has 0 saturated carbocycles. The van der Waals surface area contributed by atoms with Gasteiger partial charge in [0.05, 0.1) is 5.69 Å². The van der Waals surface area contributed by atoms with Gasteiger partial charge in [-0.25, -0.2) is 9.67 Å². The summed E-state index contributed by atoms with van der Waals surface area (Å²) in [6.07, 6.45) is 3.13. The van der Waals surface area contributed by atoms with Crippen LogP contribution in [0.2, 0.25) is 0 Å². The Morgan fingerprint density at radius 2 is 1.88 bits per heavy atom. The van der Waals surface area contributed by atoms with Crippen molar-refractivity contribution in [3.05, 3.63) is 60.3 Å². The summed E-state index contributed by atoms with van der Waals surface area (Å²) < 4.78 is 7.63. The van der Waals surface area contributed by atoms with Gasteiger partial charge in [-0.15, -0.1) is 0 Å². The molecule has 25 heavy (non-hydrogen) atoms. The van der Waals surface area contributed by atoms with Crippen LogP contribution in [0.5, 0.6) is 11.6 Å². The number of hydrogen-bond acceptors (Lipinski definition) is 6. The van der Waals surface area contributed by atoms with Gasteiger partial charge in [-0.1, -0.05) is 18.2 Å². The molecule has 1 aromatic carbocycles. The Balaban J connectivity index is 1.79. The number of nitrogen functional groups attached to an aromatic ring is 1. The van der Waals surface area contributed by atoms with Gasteiger partial charge in [-0.3, -0.25) is 4.98 Å². The van der Waals surface area contributed by atoms with E-state index in [-0.39, 0.29) is 5.88 Å². The van der Waals surface area contributed by atoms with Crippen molar-refractivity contribution in [1.29, 1.82) is 0 Å². The van der Waals surface area contributed by atoms with Crippen molar-refractivity contribution in [2.24, 2.45) is 0 Å². The van der Waals surface area contributed by atoms with Crippen LogP contribution in [0, 0.1) is 13.8 Å². The van der Waals surface area contributed by atoms with E-state index in [4.69, 9.17) is 10.5 Å². The quantitative estimate of drug-likeness (QED) is 0.619. The minimum absolute atomic E-state index is 0.274. The third kappa shape index (κ3) is 2.65. The Morgan fingerprint density at radius 1 is 1.04 bits per heavy atom. The molecule has 0 bridgehead atoms. The first kappa shape index (κ1) is 15.1. The van der Waals surface area contributed by atoms with Crippen LogP contribution < -0.4 is 10.5 Å². The Kier molecular flexibility index (Phi) is 3.53. The minimum atomic E-state index is 0.274. The van der Waals surface area contributed by atoms with Gasteiger partial charge in [0.1, 0.15) is 17.5 Å². The predicted molar refractivity (Wildman–Crippen MR) is 94.9 cm³/mol. The monoisotopic (exact) mass is 332 g/mol. The van der Waals surface area contributed by atoms with Gasteiger partial charge in [-0.05, 0) is 32.0 Å².